The maximum absolute atomic E-state index is 9.94. The van der Waals surface area contributed by atoms with Crippen molar-refractivity contribution >= 4 is 5.69 Å². The summed E-state index contributed by atoms with van der Waals surface area (Å²) in [6.45, 7) is 6.26. The molecule has 76 valence electrons. The summed E-state index contributed by atoms with van der Waals surface area (Å²) in [6.07, 6.45) is 0.496. The van der Waals surface area contributed by atoms with E-state index in [0.29, 0.717) is 6.04 Å². The topological polar surface area (TPSA) is 32.3 Å². The number of fused-ring (bicyclic) bond motifs is 1. The molecule has 2 rings (SSSR count). The molecule has 0 fully saturated rings. The van der Waals surface area contributed by atoms with E-state index in [-0.39, 0.29) is 6.10 Å². The van der Waals surface area contributed by atoms with Crippen molar-refractivity contribution in [3.63, 3.8) is 0 Å². The monoisotopic (exact) mass is 191 g/mol. The number of aliphatic hydroxyl groups excluding tert-OH is 1. The van der Waals surface area contributed by atoms with E-state index in [9.17, 15) is 5.11 Å². The van der Waals surface area contributed by atoms with Crippen LogP contribution in [-0.4, -0.2) is 11.1 Å². The molecule has 1 aromatic rings. The van der Waals surface area contributed by atoms with Gasteiger partial charge in [0.15, 0.2) is 0 Å². The third-order valence-electron chi connectivity index (χ3n) is 2.84. The average Bonchev–Trinajstić information content (AvgIpc) is 2.07. The lowest BCUT2D eigenvalue weighted by molar-refractivity contribution is 0.158. The Morgan fingerprint density at radius 1 is 1.36 bits per heavy atom. The molecule has 0 saturated heterocycles. The molecule has 1 aliphatic heterocycles. The lowest BCUT2D eigenvalue weighted by Crippen LogP contribution is -2.26. The molecule has 2 nitrogen and oxygen atoms in total. The van der Waals surface area contributed by atoms with Crippen molar-refractivity contribution in [2.75, 3.05) is 5.32 Å². The molecule has 0 amide bonds. The number of anilines is 1. The normalized spacial score (nSPS) is 25.4. The van der Waals surface area contributed by atoms with E-state index in [1.165, 1.54) is 11.1 Å². The van der Waals surface area contributed by atoms with Gasteiger partial charge in [-0.3, -0.25) is 0 Å². The van der Waals surface area contributed by atoms with Crippen molar-refractivity contribution in [1.29, 1.82) is 0 Å². The summed E-state index contributed by atoms with van der Waals surface area (Å²) in [6, 6.07) is 4.58. The van der Waals surface area contributed by atoms with Crippen LogP contribution in [0.4, 0.5) is 5.69 Å². The number of hydrogen-bond acceptors (Lipinski definition) is 2. The molecule has 0 radical (unpaired) electrons. The minimum atomic E-state index is -0.306. The SMILES string of the molecule is Cc1cc(C)c2c(c1)C(O)CC(C)N2. The summed E-state index contributed by atoms with van der Waals surface area (Å²) in [5.41, 5.74) is 4.63. The predicted octanol–water partition coefficient (Wildman–Crippen LogP) is 2.54. The summed E-state index contributed by atoms with van der Waals surface area (Å²) >= 11 is 0. The molecule has 0 saturated carbocycles. The van der Waals surface area contributed by atoms with Crippen molar-refractivity contribution < 1.29 is 5.11 Å². The van der Waals surface area contributed by atoms with E-state index in [1.54, 1.807) is 0 Å². The van der Waals surface area contributed by atoms with Crippen molar-refractivity contribution in [2.24, 2.45) is 0 Å². The first kappa shape index (κ1) is 9.53. The summed E-state index contributed by atoms with van der Waals surface area (Å²) in [5, 5.41) is 13.4. The van der Waals surface area contributed by atoms with Crippen LogP contribution >= 0.6 is 0 Å². The molecule has 2 N–H and O–H groups in total. The minimum Gasteiger partial charge on any atom is -0.388 e. The fourth-order valence-corrected chi connectivity index (χ4v) is 2.23. The smallest absolute Gasteiger partial charge is 0.0829 e. The van der Waals surface area contributed by atoms with Gasteiger partial charge in [0.2, 0.25) is 0 Å². The molecule has 0 spiro atoms. The molecule has 2 atom stereocenters. The highest BCUT2D eigenvalue weighted by Crippen LogP contribution is 2.35. The zero-order valence-electron chi connectivity index (χ0n) is 8.96. The first-order valence-electron chi connectivity index (χ1n) is 5.13. The van der Waals surface area contributed by atoms with Crippen LogP contribution in [0.5, 0.6) is 0 Å². The number of aryl methyl sites for hydroxylation is 2. The Morgan fingerprint density at radius 3 is 2.79 bits per heavy atom. The van der Waals surface area contributed by atoms with E-state index in [4.69, 9.17) is 0 Å². The van der Waals surface area contributed by atoms with Crippen LogP contribution in [0.25, 0.3) is 0 Å². The third kappa shape index (κ3) is 1.50. The molecule has 0 bridgehead atoms. The quantitative estimate of drug-likeness (QED) is 0.660. The molecule has 0 aromatic heterocycles. The maximum Gasteiger partial charge on any atom is 0.0829 e. The Balaban J connectivity index is 2.53. The molecule has 2 unspecified atom stereocenters. The van der Waals surface area contributed by atoms with Gasteiger partial charge < -0.3 is 10.4 Å². The van der Waals surface area contributed by atoms with Gasteiger partial charge in [-0.15, -0.1) is 0 Å². The molecule has 1 heterocycles. The van der Waals surface area contributed by atoms with Gasteiger partial charge in [0.25, 0.3) is 0 Å². The highest BCUT2D eigenvalue weighted by Gasteiger charge is 2.23. The molecule has 2 heteroatoms. The van der Waals surface area contributed by atoms with Gasteiger partial charge in [-0.25, -0.2) is 0 Å². The lowest BCUT2D eigenvalue weighted by atomic mass is 9.92. The van der Waals surface area contributed by atoms with Crippen LogP contribution < -0.4 is 5.32 Å². The molecular weight excluding hydrogens is 174 g/mol. The van der Waals surface area contributed by atoms with E-state index >= 15 is 0 Å². The highest BCUT2D eigenvalue weighted by molar-refractivity contribution is 5.61. The van der Waals surface area contributed by atoms with Crippen LogP contribution in [0, 0.1) is 13.8 Å². The van der Waals surface area contributed by atoms with Crippen LogP contribution in [0.3, 0.4) is 0 Å². The van der Waals surface area contributed by atoms with Crippen LogP contribution in [-0.2, 0) is 0 Å². The molecule has 1 aliphatic rings. The molecule has 14 heavy (non-hydrogen) atoms. The van der Waals surface area contributed by atoms with Gasteiger partial charge in [0, 0.05) is 17.3 Å². The Labute approximate surface area is 85.0 Å². The number of rotatable bonds is 0. The third-order valence-corrected chi connectivity index (χ3v) is 2.84. The van der Waals surface area contributed by atoms with E-state index in [0.717, 1.165) is 17.7 Å². The van der Waals surface area contributed by atoms with Gasteiger partial charge in [-0.05, 0) is 32.8 Å². The number of hydrogen-bond donors (Lipinski definition) is 2. The summed E-state index contributed by atoms with van der Waals surface area (Å²) < 4.78 is 0. The second-order valence-corrected chi connectivity index (χ2v) is 4.34. The van der Waals surface area contributed by atoms with Crippen LogP contribution in [0.1, 0.15) is 36.1 Å². The van der Waals surface area contributed by atoms with Gasteiger partial charge >= 0.3 is 0 Å². The fraction of sp³-hybridized carbons (Fsp3) is 0.500. The van der Waals surface area contributed by atoms with Crippen molar-refractivity contribution in [2.45, 2.75) is 39.3 Å². The number of benzene rings is 1. The Bertz CT molecular complexity index is 360. The number of aliphatic hydroxyl groups is 1. The molecule has 1 aromatic carbocycles. The largest absolute Gasteiger partial charge is 0.388 e. The van der Waals surface area contributed by atoms with Gasteiger partial charge in [0.05, 0.1) is 6.10 Å². The Hall–Kier alpha value is -1.02. The second kappa shape index (κ2) is 3.28. The van der Waals surface area contributed by atoms with E-state index in [2.05, 4.69) is 38.2 Å². The van der Waals surface area contributed by atoms with Crippen molar-refractivity contribution in [1.82, 2.24) is 0 Å². The zero-order valence-corrected chi connectivity index (χ0v) is 8.96. The van der Waals surface area contributed by atoms with Crippen LogP contribution in [0.2, 0.25) is 0 Å². The van der Waals surface area contributed by atoms with Crippen LogP contribution in [0.15, 0.2) is 12.1 Å². The first-order chi connectivity index (χ1) is 6.58. The van der Waals surface area contributed by atoms with E-state index < -0.39 is 0 Å². The predicted molar refractivity (Wildman–Crippen MR) is 58.6 cm³/mol. The first-order valence-corrected chi connectivity index (χ1v) is 5.13. The fourth-order valence-electron chi connectivity index (χ4n) is 2.23. The standard InChI is InChI=1S/C12H17NO/c1-7-4-8(2)12-10(5-7)11(14)6-9(3)13-12/h4-5,9,11,13-14H,6H2,1-3H3. The van der Waals surface area contributed by atoms with E-state index in [1.807, 2.05) is 0 Å². The zero-order chi connectivity index (χ0) is 10.3. The molecular formula is C12H17NO. The minimum absolute atomic E-state index is 0.306. The highest BCUT2D eigenvalue weighted by atomic mass is 16.3. The summed E-state index contributed by atoms with van der Waals surface area (Å²) in [4.78, 5) is 0. The van der Waals surface area contributed by atoms with Crippen molar-refractivity contribution in [3.05, 3.63) is 28.8 Å². The summed E-state index contributed by atoms with van der Waals surface area (Å²) in [7, 11) is 0. The maximum atomic E-state index is 9.94. The van der Waals surface area contributed by atoms with Gasteiger partial charge in [0.1, 0.15) is 0 Å². The van der Waals surface area contributed by atoms with Crippen molar-refractivity contribution in [3.8, 4) is 0 Å². The average molecular weight is 191 g/mol. The lowest BCUT2D eigenvalue weighted by Gasteiger charge is -2.30. The summed E-state index contributed by atoms with van der Waals surface area (Å²) in [5.74, 6) is 0. The Kier molecular flexibility index (Phi) is 2.23. The van der Waals surface area contributed by atoms with Gasteiger partial charge in [-0.1, -0.05) is 17.7 Å². The van der Waals surface area contributed by atoms with Gasteiger partial charge in [-0.2, -0.15) is 0 Å². The molecule has 0 aliphatic carbocycles. The number of nitrogens with one attached hydrogen (secondary N) is 1. The second-order valence-electron chi connectivity index (χ2n) is 4.34. The Morgan fingerprint density at radius 2 is 2.07 bits per heavy atom.